The monoisotopic (exact) mass is 246 g/mol. The molecule has 0 radical (unpaired) electrons. The Hall–Kier alpha value is -2.14. The second-order valence-electron chi connectivity index (χ2n) is 4.11. The maximum atomic E-state index is 10.9. The smallest absolute Gasteiger partial charge is 0.372 e. The number of furan rings is 1. The molecule has 0 amide bonds. The SMILES string of the molecule is CN(Cc1cccnc1)Cc1ccoc1C(=O)O. The lowest BCUT2D eigenvalue weighted by molar-refractivity contribution is 0.0659. The molecule has 18 heavy (non-hydrogen) atoms. The highest BCUT2D eigenvalue weighted by Crippen LogP contribution is 2.14. The summed E-state index contributed by atoms with van der Waals surface area (Å²) in [6, 6.07) is 5.55. The largest absolute Gasteiger partial charge is 0.475 e. The first kappa shape index (κ1) is 12.3. The fourth-order valence-corrected chi connectivity index (χ4v) is 1.80. The van der Waals surface area contributed by atoms with Crippen molar-refractivity contribution in [3.05, 3.63) is 53.7 Å². The van der Waals surface area contributed by atoms with Crippen molar-refractivity contribution in [1.82, 2.24) is 9.88 Å². The molecule has 0 aliphatic rings. The summed E-state index contributed by atoms with van der Waals surface area (Å²) in [5.41, 5.74) is 1.76. The van der Waals surface area contributed by atoms with E-state index in [1.807, 2.05) is 24.1 Å². The van der Waals surface area contributed by atoms with Crippen LogP contribution in [0.1, 0.15) is 21.7 Å². The number of aromatic carboxylic acids is 1. The van der Waals surface area contributed by atoms with E-state index >= 15 is 0 Å². The topological polar surface area (TPSA) is 66.6 Å². The molecular weight excluding hydrogens is 232 g/mol. The second kappa shape index (κ2) is 5.46. The summed E-state index contributed by atoms with van der Waals surface area (Å²) in [5.74, 6) is -1.03. The average molecular weight is 246 g/mol. The Labute approximate surface area is 105 Å². The summed E-state index contributed by atoms with van der Waals surface area (Å²) >= 11 is 0. The molecule has 0 saturated carbocycles. The number of hydrogen-bond donors (Lipinski definition) is 1. The molecule has 2 aromatic heterocycles. The average Bonchev–Trinajstić information content (AvgIpc) is 2.78. The van der Waals surface area contributed by atoms with Gasteiger partial charge in [-0.1, -0.05) is 6.07 Å². The normalized spacial score (nSPS) is 10.8. The predicted molar refractivity (Wildman–Crippen MR) is 65.1 cm³/mol. The van der Waals surface area contributed by atoms with E-state index in [0.717, 1.165) is 5.56 Å². The van der Waals surface area contributed by atoms with Crippen molar-refractivity contribution >= 4 is 5.97 Å². The van der Waals surface area contributed by atoms with Crippen LogP contribution in [0.5, 0.6) is 0 Å². The first-order valence-corrected chi connectivity index (χ1v) is 5.54. The van der Waals surface area contributed by atoms with E-state index in [1.165, 1.54) is 6.26 Å². The van der Waals surface area contributed by atoms with Crippen LogP contribution in [0.2, 0.25) is 0 Å². The highest BCUT2D eigenvalue weighted by molar-refractivity contribution is 5.86. The summed E-state index contributed by atoms with van der Waals surface area (Å²) < 4.78 is 4.94. The zero-order chi connectivity index (χ0) is 13.0. The Bertz CT molecular complexity index is 522. The van der Waals surface area contributed by atoms with Gasteiger partial charge in [0.25, 0.3) is 0 Å². The fourth-order valence-electron chi connectivity index (χ4n) is 1.80. The van der Waals surface area contributed by atoms with Gasteiger partial charge >= 0.3 is 5.97 Å². The van der Waals surface area contributed by atoms with E-state index in [1.54, 1.807) is 18.5 Å². The van der Waals surface area contributed by atoms with Gasteiger partial charge < -0.3 is 9.52 Å². The van der Waals surface area contributed by atoms with Gasteiger partial charge in [-0.3, -0.25) is 9.88 Å². The standard InChI is InChI=1S/C13H14N2O3/c1-15(8-10-3-2-5-14-7-10)9-11-4-6-18-12(11)13(16)17/h2-7H,8-9H2,1H3,(H,16,17). The van der Waals surface area contributed by atoms with Crippen molar-refractivity contribution in [1.29, 1.82) is 0 Å². The van der Waals surface area contributed by atoms with Crippen LogP contribution < -0.4 is 0 Å². The van der Waals surface area contributed by atoms with Gasteiger partial charge in [-0.15, -0.1) is 0 Å². The Morgan fingerprint density at radius 3 is 2.94 bits per heavy atom. The lowest BCUT2D eigenvalue weighted by Gasteiger charge is -2.15. The summed E-state index contributed by atoms with van der Waals surface area (Å²) in [7, 11) is 1.92. The number of carboxylic acids is 1. The molecule has 0 aliphatic heterocycles. The quantitative estimate of drug-likeness (QED) is 0.874. The molecule has 0 bridgehead atoms. The van der Waals surface area contributed by atoms with E-state index in [2.05, 4.69) is 4.98 Å². The van der Waals surface area contributed by atoms with Crippen LogP contribution in [0, 0.1) is 0 Å². The number of aromatic nitrogens is 1. The number of carboxylic acid groups (broad SMARTS) is 1. The minimum absolute atomic E-state index is 0.00744. The zero-order valence-corrected chi connectivity index (χ0v) is 10.0. The van der Waals surface area contributed by atoms with Gasteiger partial charge in [-0.2, -0.15) is 0 Å². The van der Waals surface area contributed by atoms with Gasteiger partial charge in [0, 0.05) is 31.0 Å². The maximum absolute atomic E-state index is 10.9. The van der Waals surface area contributed by atoms with Crippen molar-refractivity contribution in [2.45, 2.75) is 13.1 Å². The first-order valence-electron chi connectivity index (χ1n) is 5.54. The Balaban J connectivity index is 2.01. The molecular formula is C13H14N2O3. The van der Waals surface area contributed by atoms with Crippen LogP contribution in [-0.2, 0) is 13.1 Å². The Kier molecular flexibility index (Phi) is 3.74. The van der Waals surface area contributed by atoms with E-state index in [4.69, 9.17) is 9.52 Å². The lowest BCUT2D eigenvalue weighted by Crippen LogP contribution is -2.18. The van der Waals surface area contributed by atoms with Gasteiger partial charge in [0.2, 0.25) is 5.76 Å². The molecule has 5 heteroatoms. The molecule has 0 aliphatic carbocycles. The van der Waals surface area contributed by atoms with Crippen LogP contribution in [0.25, 0.3) is 0 Å². The molecule has 0 fully saturated rings. The van der Waals surface area contributed by atoms with Crippen LogP contribution in [0.3, 0.4) is 0 Å². The molecule has 2 rings (SSSR count). The number of carbonyl (C=O) groups is 1. The van der Waals surface area contributed by atoms with Crippen LogP contribution >= 0.6 is 0 Å². The van der Waals surface area contributed by atoms with E-state index in [9.17, 15) is 4.79 Å². The number of rotatable bonds is 5. The van der Waals surface area contributed by atoms with Crippen LogP contribution in [0.4, 0.5) is 0 Å². The van der Waals surface area contributed by atoms with Crippen molar-refractivity contribution in [2.75, 3.05) is 7.05 Å². The molecule has 0 unspecified atom stereocenters. The zero-order valence-electron chi connectivity index (χ0n) is 10.0. The van der Waals surface area contributed by atoms with Crippen molar-refractivity contribution in [3.8, 4) is 0 Å². The molecule has 94 valence electrons. The molecule has 0 aromatic carbocycles. The first-order chi connectivity index (χ1) is 8.66. The third-order valence-electron chi connectivity index (χ3n) is 2.56. The van der Waals surface area contributed by atoms with E-state index in [0.29, 0.717) is 18.7 Å². The minimum Gasteiger partial charge on any atom is -0.475 e. The molecule has 2 heterocycles. The van der Waals surface area contributed by atoms with Gasteiger partial charge in [0.15, 0.2) is 0 Å². The van der Waals surface area contributed by atoms with E-state index in [-0.39, 0.29) is 5.76 Å². The maximum Gasteiger partial charge on any atom is 0.372 e. The summed E-state index contributed by atoms with van der Waals surface area (Å²) in [5, 5.41) is 8.93. The van der Waals surface area contributed by atoms with E-state index < -0.39 is 5.97 Å². The third-order valence-corrected chi connectivity index (χ3v) is 2.56. The summed E-state index contributed by atoms with van der Waals surface area (Å²) in [6.07, 6.45) is 4.92. The third kappa shape index (κ3) is 2.95. The number of hydrogen-bond acceptors (Lipinski definition) is 4. The number of nitrogens with zero attached hydrogens (tertiary/aromatic N) is 2. The van der Waals surface area contributed by atoms with Gasteiger partial charge in [-0.05, 0) is 24.7 Å². The molecule has 1 N–H and O–H groups in total. The van der Waals surface area contributed by atoms with Gasteiger partial charge in [0.05, 0.1) is 6.26 Å². The number of pyridine rings is 1. The minimum atomic E-state index is -1.04. The Morgan fingerprint density at radius 1 is 1.44 bits per heavy atom. The van der Waals surface area contributed by atoms with Crippen LogP contribution in [-0.4, -0.2) is 28.0 Å². The second-order valence-corrected chi connectivity index (χ2v) is 4.11. The molecule has 0 atom stereocenters. The molecule has 0 spiro atoms. The van der Waals surface area contributed by atoms with Crippen molar-refractivity contribution < 1.29 is 14.3 Å². The Morgan fingerprint density at radius 2 is 2.28 bits per heavy atom. The molecule has 0 saturated heterocycles. The van der Waals surface area contributed by atoms with Crippen LogP contribution in [0.15, 0.2) is 41.3 Å². The summed E-state index contributed by atoms with van der Waals surface area (Å²) in [6.45, 7) is 1.23. The predicted octanol–water partition coefficient (Wildman–Crippen LogP) is 2.00. The fraction of sp³-hybridized carbons (Fsp3) is 0.231. The van der Waals surface area contributed by atoms with Crippen molar-refractivity contribution in [3.63, 3.8) is 0 Å². The summed E-state index contributed by atoms with van der Waals surface area (Å²) in [4.78, 5) is 16.9. The highest BCUT2D eigenvalue weighted by Gasteiger charge is 2.15. The molecule has 5 nitrogen and oxygen atoms in total. The van der Waals surface area contributed by atoms with Gasteiger partial charge in [0.1, 0.15) is 0 Å². The van der Waals surface area contributed by atoms with Gasteiger partial charge in [-0.25, -0.2) is 4.79 Å². The highest BCUT2D eigenvalue weighted by atomic mass is 16.4. The molecule has 2 aromatic rings. The lowest BCUT2D eigenvalue weighted by atomic mass is 10.2. The van der Waals surface area contributed by atoms with Crippen molar-refractivity contribution in [2.24, 2.45) is 0 Å².